The van der Waals surface area contributed by atoms with Crippen molar-refractivity contribution in [3.8, 4) is 11.4 Å². The molecule has 4 aromatic heterocycles. The summed E-state index contributed by atoms with van der Waals surface area (Å²) >= 11 is 0. The molecular weight excluding hydrogens is 440 g/mol. The quantitative estimate of drug-likeness (QED) is 0.440. The summed E-state index contributed by atoms with van der Waals surface area (Å²) < 4.78 is 9.49. The molecule has 0 unspecified atom stereocenters. The summed E-state index contributed by atoms with van der Waals surface area (Å²) in [6, 6.07) is 9.47. The number of pyridine rings is 2. The van der Waals surface area contributed by atoms with Crippen LogP contribution in [0.15, 0.2) is 42.9 Å². The molecular formula is C26H32N8O. The van der Waals surface area contributed by atoms with E-state index in [0.717, 1.165) is 66.1 Å². The fraction of sp³-hybridized carbons (Fsp3) is 0.462. The molecule has 2 fully saturated rings. The number of aryl methyl sites for hydroxylation is 1. The van der Waals surface area contributed by atoms with Gasteiger partial charge >= 0.3 is 0 Å². The Morgan fingerprint density at radius 1 is 1.00 bits per heavy atom. The number of imidazole rings is 1. The zero-order valence-electron chi connectivity index (χ0n) is 20.6. The van der Waals surface area contributed by atoms with Gasteiger partial charge in [-0.2, -0.15) is 5.10 Å². The van der Waals surface area contributed by atoms with Gasteiger partial charge in [0.1, 0.15) is 17.2 Å². The van der Waals surface area contributed by atoms with E-state index in [-0.39, 0.29) is 0 Å². The fourth-order valence-electron chi connectivity index (χ4n) is 5.39. The molecule has 9 heteroatoms. The Hall–Kier alpha value is -3.46. The van der Waals surface area contributed by atoms with Crippen molar-refractivity contribution in [2.45, 2.75) is 45.3 Å². The minimum atomic E-state index is 0.514. The van der Waals surface area contributed by atoms with Gasteiger partial charge in [0.25, 0.3) is 0 Å². The first-order valence-corrected chi connectivity index (χ1v) is 12.5. The number of hydrogen-bond donors (Lipinski definition) is 0. The molecule has 0 bridgehead atoms. The highest BCUT2D eigenvalue weighted by Crippen LogP contribution is 2.31. The standard InChI is InChI=1S/C26H32N8O/c1-18-4-5-19(2)34(18)24-7-6-20(15-27-24)25-29-23-14-22(32-10-12-35-13-11-32)16-28-26(23)33(25)17-21-8-9-31(3)30-21/h6-9,14-16,18-19H,4-5,10-13,17H2,1-3H3/t18-,19-/m0/s1. The van der Waals surface area contributed by atoms with Gasteiger partial charge in [-0.25, -0.2) is 15.0 Å². The third kappa shape index (κ3) is 4.14. The zero-order chi connectivity index (χ0) is 23.9. The van der Waals surface area contributed by atoms with E-state index in [2.05, 4.69) is 51.5 Å². The number of aromatic nitrogens is 6. The molecule has 0 N–H and O–H groups in total. The molecule has 0 amide bonds. The van der Waals surface area contributed by atoms with Crippen LogP contribution in [0.4, 0.5) is 11.5 Å². The minimum Gasteiger partial charge on any atom is -0.378 e. The molecule has 182 valence electrons. The van der Waals surface area contributed by atoms with E-state index >= 15 is 0 Å². The number of morpholine rings is 1. The fourth-order valence-corrected chi connectivity index (χ4v) is 5.39. The van der Waals surface area contributed by atoms with Crippen LogP contribution >= 0.6 is 0 Å². The van der Waals surface area contributed by atoms with E-state index in [1.54, 1.807) is 0 Å². The van der Waals surface area contributed by atoms with Crippen LogP contribution < -0.4 is 9.80 Å². The van der Waals surface area contributed by atoms with Gasteiger partial charge in [0.2, 0.25) is 0 Å². The van der Waals surface area contributed by atoms with Crippen molar-refractivity contribution in [3.63, 3.8) is 0 Å². The van der Waals surface area contributed by atoms with E-state index in [0.29, 0.717) is 18.6 Å². The molecule has 2 aliphatic heterocycles. The smallest absolute Gasteiger partial charge is 0.160 e. The maximum Gasteiger partial charge on any atom is 0.160 e. The second-order valence-electron chi connectivity index (χ2n) is 9.73. The van der Waals surface area contributed by atoms with Gasteiger partial charge in [-0.1, -0.05) is 0 Å². The lowest BCUT2D eigenvalue weighted by molar-refractivity contribution is 0.122. The molecule has 0 aromatic carbocycles. The number of rotatable bonds is 5. The van der Waals surface area contributed by atoms with Crippen molar-refractivity contribution < 1.29 is 4.74 Å². The summed E-state index contributed by atoms with van der Waals surface area (Å²) in [4.78, 5) is 19.5. The van der Waals surface area contributed by atoms with Gasteiger partial charge < -0.3 is 19.1 Å². The monoisotopic (exact) mass is 472 g/mol. The zero-order valence-corrected chi connectivity index (χ0v) is 20.6. The van der Waals surface area contributed by atoms with Crippen LogP contribution in [-0.4, -0.2) is 67.7 Å². The van der Waals surface area contributed by atoms with Gasteiger partial charge in [-0.05, 0) is 51.0 Å². The number of nitrogens with zero attached hydrogens (tertiary/aromatic N) is 8. The number of fused-ring (bicyclic) bond motifs is 1. The summed E-state index contributed by atoms with van der Waals surface area (Å²) in [6.45, 7) is 8.37. The lowest BCUT2D eigenvalue weighted by Gasteiger charge is -2.28. The summed E-state index contributed by atoms with van der Waals surface area (Å²) in [5, 5.41) is 4.60. The van der Waals surface area contributed by atoms with Gasteiger partial charge in [0.05, 0.1) is 37.3 Å². The normalized spacial score (nSPS) is 20.8. The molecule has 4 aromatic rings. The Labute approximate surface area is 205 Å². The van der Waals surface area contributed by atoms with E-state index in [9.17, 15) is 0 Å². The minimum absolute atomic E-state index is 0.514. The van der Waals surface area contributed by atoms with Gasteiger partial charge in [0.15, 0.2) is 5.65 Å². The number of ether oxygens (including phenoxy) is 1. The first-order valence-electron chi connectivity index (χ1n) is 12.5. The van der Waals surface area contributed by atoms with E-state index in [1.165, 1.54) is 12.8 Å². The average molecular weight is 473 g/mol. The molecule has 0 saturated carbocycles. The molecule has 35 heavy (non-hydrogen) atoms. The van der Waals surface area contributed by atoms with E-state index in [1.807, 2.05) is 36.4 Å². The molecule has 9 nitrogen and oxygen atoms in total. The van der Waals surface area contributed by atoms with E-state index in [4.69, 9.17) is 19.7 Å². The molecule has 6 heterocycles. The first-order chi connectivity index (χ1) is 17.1. The Morgan fingerprint density at radius 3 is 2.49 bits per heavy atom. The maximum absolute atomic E-state index is 5.52. The van der Waals surface area contributed by atoms with Crippen molar-refractivity contribution in [3.05, 3.63) is 48.5 Å². The summed E-state index contributed by atoms with van der Waals surface area (Å²) in [5.41, 5.74) is 4.77. The third-order valence-electron chi connectivity index (χ3n) is 7.26. The SMILES string of the molecule is C[C@H]1CC[C@H](C)N1c1ccc(-c2nc3cc(N4CCOCC4)cnc3n2Cc2ccn(C)n2)cn1. The van der Waals surface area contributed by atoms with Crippen LogP contribution in [0.1, 0.15) is 32.4 Å². The Balaban J connectivity index is 1.40. The highest BCUT2D eigenvalue weighted by molar-refractivity contribution is 5.80. The van der Waals surface area contributed by atoms with Crippen LogP contribution in [0.2, 0.25) is 0 Å². The van der Waals surface area contributed by atoms with Crippen LogP contribution in [-0.2, 0) is 18.3 Å². The topological polar surface area (TPSA) is 77.1 Å². The predicted octanol–water partition coefficient (Wildman–Crippen LogP) is 3.49. The number of anilines is 2. The van der Waals surface area contributed by atoms with Crippen LogP contribution in [0.3, 0.4) is 0 Å². The molecule has 2 atom stereocenters. The van der Waals surface area contributed by atoms with Gasteiger partial charge in [-0.15, -0.1) is 0 Å². The lowest BCUT2D eigenvalue weighted by atomic mass is 10.2. The average Bonchev–Trinajstić information content (AvgIpc) is 3.56. The molecule has 0 spiro atoms. The maximum atomic E-state index is 5.52. The second kappa shape index (κ2) is 8.96. The third-order valence-corrected chi connectivity index (χ3v) is 7.26. The van der Waals surface area contributed by atoms with Crippen molar-refractivity contribution in [2.75, 3.05) is 36.1 Å². The van der Waals surface area contributed by atoms with E-state index < -0.39 is 0 Å². The summed E-state index contributed by atoms with van der Waals surface area (Å²) in [6.07, 6.45) is 8.29. The van der Waals surface area contributed by atoms with Crippen molar-refractivity contribution in [2.24, 2.45) is 7.05 Å². The Bertz CT molecular complexity index is 1310. The Kier molecular flexibility index (Phi) is 5.64. The largest absolute Gasteiger partial charge is 0.378 e. The van der Waals surface area contributed by atoms with Crippen LogP contribution in [0, 0.1) is 0 Å². The highest BCUT2D eigenvalue weighted by Gasteiger charge is 2.28. The van der Waals surface area contributed by atoms with Crippen molar-refractivity contribution >= 4 is 22.7 Å². The van der Waals surface area contributed by atoms with Crippen LogP contribution in [0.5, 0.6) is 0 Å². The van der Waals surface area contributed by atoms with Gasteiger partial charge in [0, 0.05) is 50.2 Å². The highest BCUT2D eigenvalue weighted by atomic mass is 16.5. The molecule has 2 saturated heterocycles. The molecule has 6 rings (SSSR count). The molecule has 0 radical (unpaired) electrons. The second-order valence-corrected chi connectivity index (χ2v) is 9.73. The van der Waals surface area contributed by atoms with Crippen LogP contribution in [0.25, 0.3) is 22.6 Å². The predicted molar refractivity (Wildman–Crippen MR) is 137 cm³/mol. The van der Waals surface area contributed by atoms with Gasteiger partial charge in [-0.3, -0.25) is 4.68 Å². The molecule has 2 aliphatic rings. The lowest BCUT2D eigenvalue weighted by Crippen LogP contribution is -2.36. The van der Waals surface area contributed by atoms with Crippen molar-refractivity contribution in [1.82, 2.24) is 29.3 Å². The molecule has 0 aliphatic carbocycles. The first kappa shape index (κ1) is 22.0. The number of hydrogen-bond acceptors (Lipinski definition) is 7. The summed E-state index contributed by atoms with van der Waals surface area (Å²) in [7, 11) is 1.94. The Morgan fingerprint density at radius 2 is 1.80 bits per heavy atom. The summed E-state index contributed by atoms with van der Waals surface area (Å²) in [5.74, 6) is 1.89. The van der Waals surface area contributed by atoms with Crippen molar-refractivity contribution in [1.29, 1.82) is 0 Å².